The van der Waals surface area contributed by atoms with Crippen molar-refractivity contribution in [2.45, 2.75) is 19.5 Å². The molecule has 24 heavy (non-hydrogen) atoms. The van der Waals surface area contributed by atoms with Gasteiger partial charge in [0.1, 0.15) is 17.3 Å². The maximum atomic E-state index is 12.7. The van der Waals surface area contributed by atoms with Gasteiger partial charge in [0, 0.05) is 18.7 Å². The van der Waals surface area contributed by atoms with E-state index in [4.69, 9.17) is 4.74 Å². The lowest BCUT2D eigenvalue weighted by Gasteiger charge is -2.10. The van der Waals surface area contributed by atoms with E-state index in [1.807, 2.05) is 6.07 Å². The predicted octanol–water partition coefficient (Wildman–Crippen LogP) is 2.54. The molecule has 0 saturated heterocycles. The van der Waals surface area contributed by atoms with Gasteiger partial charge >= 0.3 is 6.18 Å². The molecule has 0 radical (unpaired) electrons. The standard InChI is InChI=1S/C16H16F3N3O2/c1-11-9-13(16(17,18)19)22-14(21-11)7-8-20-15(23)10-24-12-5-3-2-4-6-12/h2-6,9H,7-8,10H2,1H3,(H,20,23). The molecule has 0 aliphatic carbocycles. The lowest BCUT2D eigenvalue weighted by atomic mass is 10.3. The van der Waals surface area contributed by atoms with E-state index in [-0.39, 0.29) is 37.0 Å². The molecule has 0 saturated carbocycles. The summed E-state index contributed by atoms with van der Waals surface area (Å²) in [6, 6.07) is 9.69. The maximum Gasteiger partial charge on any atom is 0.433 e. The number of carbonyl (C=O) groups is 1. The van der Waals surface area contributed by atoms with Gasteiger partial charge in [-0.25, -0.2) is 9.97 Å². The monoisotopic (exact) mass is 339 g/mol. The van der Waals surface area contributed by atoms with E-state index < -0.39 is 11.9 Å². The van der Waals surface area contributed by atoms with E-state index in [0.29, 0.717) is 5.75 Å². The van der Waals surface area contributed by atoms with Gasteiger partial charge in [0.2, 0.25) is 0 Å². The van der Waals surface area contributed by atoms with E-state index in [2.05, 4.69) is 15.3 Å². The van der Waals surface area contributed by atoms with E-state index >= 15 is 0 Å². The summed E-state index contributed by atoms with van der Waals surface area (Å²) in [7, 11) is 0. The molecule has 2 rings (SSSR count). The summed E-state index contributed by atoms with van der Waals surface area (Å²) >= 11 is 0. The first-order valence-corrected chi connectivity index (χ1v) is 7.21. The molecule has 0 aliphatic heterocycles. The molecular weight excluding hydrogens is 323 g/mol. The molecule has 0 atom stereocenters. The molecule has 1 aromatic heterocycles. The molecule has 0 fully saturated rings. The second-order valence-electron chi connectivity index (χ2n) is 5.01. The molecule has 128 valence electrons. The van der Waals surface area contributed by atoms with Gasteiger partial charge < -0.3 is 10.1 Å². The molecular formula is C16H16F3N3O2. The van der Waals surface area contributed by atoms with Gasteiger partial charge in [-0.15, -0.1) is 0 Å². The normalized spacial score (nSPS) is 11.2. The van der Waals surface area contributed by atoms with Crippen molar-refractivity contribution in [3.05, 3.63) is 53.6 Å². The Hall–Kier alpha value is -2.64. The van der Waals surface area contributed by atoms with Crippen molar-refractivity contribution in [1.29, 1.82) is 0 Å². The minimum absolute atomic E-state index is 0.0339. The molecule has 1 heterocycles. The fourth-order valence-corrected chi connectivity index (χ4v) is 1.92. The third kappa shape index (κ3) is 5.53. The quantitative estimate of drug-likeness (QED) is 0.878. The first-order chi connectivity index (χ1) is 11.3. The van der Waals surface area contributed by atoms with Crippen molar-refractivity contribution in [3.63, 3.8) is 0 Å². The van der Waals surface area contributed by atoms with Crippen molar-refractivity contribution in [2.75, 3.05) is 13.2 Å². The van der Waals surface area contributed by atoms with Crippen LogP contribution < -0.4 is 10.1 Å². The van der Waals surface area contributed by atoms with Gasteiger partial charge in [-0.1, -0.05) is 18.2 Å². The summed E-state index contributed by atoms with van der Waals surface area (Å²) in [5.74, 6) is 0.221. The van der Waals surface area contributed by atoms with Gasteiger partial charge in [-0.05, 0) is 25.1 Å². The number of carbonyl (C=O) groups excluding carboxylic acids is 1. The fourth-order valence-electron chi connectivity index (χ4n) is 1.92. The summed E-state index contributed by atoms with van der Waals surface area (Å²) in [6.07, 6.45) is -4.42. The Morgan fingerprint density at radius 2 is 1.92 bits per heavy atom. The molecule has 2 aromatic rings. The van der Waals surface area contributed by atoms with Crippen molar-refractivity contribution < 1.29 is 22.7 Å². The molecule has 1 N–H and O–H groups in total. The molecule has 0 unspecified atom stereocenters. The van der Waals surface area contributed by atoms with Crippen LogP contribution in [-0.4, -0.2) is 29.0 Å². The summed E-state index contributed by atoms with van der Waals surface area (Å²) in [5, 5.41) is 2.55. The maximum absolute atomic E-state index is 12.7. The van der Waals surface area contributed by atoms with Crippen molar-refractivity contribution >= 4 is 5.91 Å². The van der Waals surface area contributed by atoms with Crippen molar-refractivity contribution in [1.82, 2.24) is 15.3 Å². The summed E-state index contributed by atoms with van der Waals surface area (Å²) in [5.41, 5.74) is -0.755. The molecule has 0 bridgehead atoms. The minimum Gasteiger partial charge on any atom is -0.484 e. The number of para-hydroxylation sites is 1. The highest BCUT2D eigenvalue weighted by Gasteiger charge is 2.33. The van der Waals surface area contributed by atoms with Gasteiger partial charge in [0.15, 0.2) is 6.61 Å². The first-order valence-electron chi connectivity index (χ1n) is 7.21. The van der Waals surface area contributed by atoms with Crippen molar-refractivity contribution in [2.24, 2.45) is 0 Å². The average Bonchev–Trinajstić information content (AvgIpc) is 2.52. The largest absolute Gasteiger partial charge is 0.484 e. The number of alkyl halides is 3. The lowest BCUT2D eigenvalue weighted by molar-refractivity contribution is -0.141. The van der Waals surface area contributed by atoms with Crippen LogP contribution in [0.4, 0.5) is 13.2 Å². The number of hydrogen-bond acceptors (Lipinski definition) is 4. The number of ether oxygens (including phenoxy) is 1. The van der Waals surface area contributed by atoms with Crippen LogP contribution in [0.15, 0.2) is 36.4 Å². The molecule has 1 amide bonds. The van der Waals surface area contributed by atoms with E-state index in [1.165, 1.54) is 6.92 Å². The third-order valence-electron chi connectivity index (χ3n) is 2.97. The summed E-state index contributed by atoms with van der Waals surface area (Å²) in [6.45, 7) is 1.41. The Morgan fingerprint density at radius 3 is 2.58 bits per heavy atom. The molecule has 0 aliphatic rings. The Bertz CT molecular complexity index is 691. The second kappa shape index (κ2) is 7.76. The van der Waals surface area contributed by atoms with E-state index in [1.54, 1.807) is 24.3 Å². The number of rotatable bonds is 6. The summed E-state index contributed by atoms with van der Waals surface area (Å²) in [4.78, 5) is 19.1. The number of nitrogens with zero attached hydrogens (tertiary/aromatic N) is 2. The Labute approximate surface area is 136 Å². The average molecular weight is 339 g/mol. The van der Waals surface area contributed by atoms with Gasteiger partial charge in [0.25, 0.3) is 5.91 Å². The number of amides is 1. The third-order valence-corrected chi connectivity index (χ3v) is 2.97. The van der Waals surface area contributed by atoms with E-state index in [9.17, 15) is 18.0 Å². The number of hydrogen-bond donors (Lipinski definition) is 1. The first kappa shape index (κ1) is 17.7. The zero-order chi connectivity index (χ0) is 17.6. The van der Waals surface area contributed by atoms with Crippen LogP contribution in [0.3, 0.4) is 0 Å². The second-order valence-corrected chi connectivity index (χ2v) is 5.01. The van der Waals surface area contributed by atoms with E-state index in [0.717, 1.165) is 6.07 Å². The number of nitrogens with one attached hydrogen (secondary N) is 1. The predicted molar refractivity (Wildman–Crippen MR) is 80.4 cm³/mol. The SMILES string of the molecule is Cc1cc(C(F)(F)F)nc(CCNC(=O)COc2ccccc2)n1. The van der Waals surface area contributed by atoms with Crippen LogP contribution in [0.5, 0.6) is 5.75 Å². The molecule has 5 nitrogen and oxygen atoms in total. The highest BCUT2D eigenvalue weighted by Crippen LogP contribution is 2.27. The molecule has 8 heteroatoms. The van der Waals surface area contributed by atoms with Crippen LogP contribution in [0.1, 0.15) is 17.2 Å². The highest BCUT2D eigenvalue weighted by atomic mass is 19.4. The van der Waals surface area contributed by atoms with Crippen LogP contribution in [0.2, 0.25) is 0 Å². The van der Waals surface area contributed by atoms with Crippen LogP contribution in [-0.2, 0) is 17.4 Å². The smallest absolute Gasteiger partial charge is 0.433 e. The van der Waals surface area contributed by atoms with Crippen LogP contribution in [0.25, 0.3) is 0 Å². The van der Waals surface area contributed by atoms with Crippen LogP contribution in [0, 0.1) is 6.92 Å². The van der Waals surface area contributed by atoms with Gasteiger partial charge in [-0.3, -0.25) is 4.79 Å². The minimum atomic E-state index is -4.52. The number of benzene rings is 1. The number of aromatic nitrogens is 2. The zero-order valence-corrected chi connectivity index (χ0v) is 12.9. The van der Waals surface area contributed by atoms with Crippen molar-refractivity contribution in [3.8, 4) is 5.75 Å². The number of aryl methyl sites for hydroxylation is 1. The Kier molecular flexibility index (Phi) is 5.73. The molecule has 0 spiro atoms. The van der Waals surface area contributed by atoms with Gasteiger partial charge in [-0.2, -0.15) is 13.2 Å². The zero-order valence-electron chi connectivity index (χ0n) is 12.9. The Balaban J connectivity index is 1.81. The number of halogens is 3. The summed E-state index contributed by atoms with van der Waals surface area (Å²) < 4.78 is 43.3. The topological polar surface area (TPSA) is 64.1 Å². The molecule has 1 aromatic carbocycles. The van der Waals surface area contributed by atoms with Crippen LogP contribution >= 0.6 is 0 Å². The van der Waals surface area contributed by atoms with Gasteiger partial charge in [0.05, 0.1) is 0 Å². The fraction of sp³-hybridized carbons (Fsp3) is 0.312. The lowest BCUT2D eigenvalue weighted by Crippen LogP contribution is -2.31. The highest BCUT2D eigenvalue weighted by molar-refractivity contribution is 5.77. The Morgan fingerprint density at radius 1 is 1.21 bits per heavy atom.